The Morgan fingerprint density at radius 1 is 0.941 bits per heavy atom. The fraction of sp³-hybridized carbons (Fsp3) is 0.320. The lowest BCUT2D eigenvalue weighted by molar-refractivity contribution is -0.121. The number of hydrogen-bond acceptors (Lipinski definition) is 4. The maximum Gasteiger partial charge on any atom is 0.240 e. The van der Waals surface area contributed by atoms with Crippen molar-refractivity contribution in [2.75, 3.05) is 19.6 Å². The minimum Gasteiger partial charge on any atom is -0.353 e. The average Bonchev–Trinajstić information content (AvgIpc) is 2.82. The van der Waals surface area contributed by atoms with E-state index in [2.05, 4.69) is 14.9 Å². The van der Waals surface area contributed by atoms with Gasteiger partial charge >= 0.3 is 0 Å². The number of nitrogens with one attached hydrogen (secondary N) is 2. The summed E-state index contributed by atoms with van der Waals surface area (Å²) in [6.07, 6.45) is 1.51. The highest BCUT2D eigenvalue weighted by Gasteiger charge is 2.21. The largest absolute Gasteiger partial charge is 0.353 e. The van der Waals surface area contributed by atoms with Gasteiger partial charge in [-0.15, -0.1) is 0 Å². The number of nitrogens with zero attached hydrogens (tertiary/aromatic N) is 1. The zero-order valence-electron chi connectivity index (χ0n) is 18.6. The Bertz CT molecular complexity index is 1280. The summed E-state index contributed by atoms with van der Waals surface area (Å²) in [6.45, 7) is 1.97. The van der Waals surface area contributed by atoms with Gasteiger partial charge in [0.2, 0.25) is 15.9 Å². The smallest absolute Gasteiger partial charge is 0.240 e. The molecule has 0 aliphatic carbocycles. The Morgan fingerprint density at radius 2 is 1.68 bits per heavy atom. The quantitative estimate of drug-likeness (QED) is 0.509. The molecule has 1 aliphatic heterocycles. The molecule has 1 amide bonds. The van der Waals surface area contributed by atoms with Gasteiger partial charge in [-0.25, -0.2) is 21.9 Å². The highest BCUT2D eigenvalue weighted by atomic mass is 32.2. The Morgan fingerprint density at radius 3 is 2.41 bits per heavy atom. The number of carbonyl (C=O) groups is 1. The molecule has 0 aromatic heterocycles. The second kappa shape index (κ2) is 10.6. The molecule has 0 atom stereocenters. The predicted octanol–water partition coefficient (Wildman–Crippen LogP) is 3.57. The van der Waals surface area contributed by atoms with Gasteiger partial charge in [-0.1, -0.05) is 36.4 Å². The Labute approximate surface area is 198 Å². The SMILES string of the molecule is O=C(CCNS(=O)(=O)c1ccc2ccccc2c1)NC1CCN(Cc2ccc(F)c(F)c2)CC1. The molecule has 0 spiro atoms. The average molecular weight is 488 g/mol. The van der Waals surface area contributed by atoms with E-state index in [1.807, 2.05) is 24.3 Å². The molecule has 0 bridgehead atoms. The standard InChI is InChI=1S/C25H27F2N3O3S/c26-23-8-5-18(15-24(23)27)17-30-13-10-21(11-14-30)29-25(31)9-12-28-34(32,33)22-7-6-19-3-1-2-4-20(19)16-22/h1-8,15-16,21,28H,9-14,17H2,(H,29,31). The van der Waals surface area contributed by atoms with E-state index in [9.17, 15) is 22.0 Å². The number of sulfonamides is 1. The van der Waals surface area contributed by atoms with Crippen molar-refractivity contribution in [2.24, 2.45) is 0 Å². The van der Waals surface area contributed by atoms with Crippen LogP contribution in [0.4, 0.5) is 8.78 Å². The van der Waals surface area contributed by atoms with Crippen LogP contribution in [0, 0.1) is 11.6 Å². The Balaban J connectivity index is 1.20. The molecule has 1 saturated heterocycles. The molecule has 9 heteroatoms. The molecule has 0 unspecified atom stereocenters. The van der Waals surface area contributed by atoms with Gasteiger partial charge in [-0.05, 0) is 53.4 Å². The molecule has 180 valence electrons. The number of likely N-dealkylation sites (tertiary alicyclic amines) is 1. The van der Waals surface area contributed by atoms with Crippen LogP contribution >= 0.6 is 0 Å². The van der Waals surface area contributed by atoms with E-state index in [-0.39, 0.29) is 29.8 Å². The lowest BCUT2D eigenvalue weighted by Gasteiger charge is -2.32. The number of fused-ring (bicyclic) bond motifs is 1. The first-order valence-electron chi connectivity index (χ1n) is 11.2. The van der Waals surface area contributed by atoms with Crippen LogP contribution in [-0.2, 0) is 21.4 Å². The van der Waals surface area contributed by atoms with Gasteiger partial charge in [-0.3, -0.25) is 9.69 Å². The summed E-state index contributed by atoms with van der Waals surface area (Å²) in [5.41, 5.74) is 0.708. The third-order valence-electron chi connectivity index (χ3n) is 6.02. The minimum absolute atomic E-state index is 0.00537. The van der Waals surface area contributed by atoms with Crippen molar-refractivity contribution in [1.82, 2.24) is 14.9 Å². The summed E-state index contributed by atoms with van der Waals surface area (Å²) < 4.78 is 54.1. The number of halogens is 2. The van der Waals surface area contributed by atoms with Crippen molar-refractivity contribution in [3.63, 3.8) is 0 Å². The molecule has 1 fully saturated rings. The van der Waals surface area contributed by atoms with Crippen molar-refractivity contribution >= 4 is 26.7 Å². The summed E-state index contributed by atoms with van der Waals surface area (Å²) in [7, 11) is -3.71. The van der Waals surface area contributed by atoms with Crippen molar-refractivity contribution in [3.05, 3.63) is 77.9 Å². The van der Waals surface area contributed by atoms with Gasteiger partial charge in [0.05, 0.1) is 4.90 Å². The topological polar surface area (TPSA) is 78.5 Å². The van der Waals surface area contributed by atoms with Gasteiger partial charge in [0.25, 0.3) is 0 Å². The van der Waals surface area contributed by atoms with Gasteiger partial charge in [0.1, 0.15) is 0 Å². The van der Waals surface area contributed by atoms with Crippen LogP contribution < -0.4 is 10.0 Å². The number of benzene rings is 3. The first-order valence-corrected chi connectivity index (χ1v) is 12.7. The van der Waals surface area contributed by atoms with Crippen LogP contribution in [0.5, 0.6) is 0 Å². The predicted molar refractivity (Wildman–Crippen MR) is 127 cm³/mol. The van der Waals surface area contributed by atoms with Crippen LogP contribution in [0.3, 0.4) is 0 Å². The number of rotatable bonds is 8. The summed E-state index contributed by atoms with van der Waals surface area (Å²) >= 11 is 0. The van der Waals surface area contributed by atoms with Crippen LogP contribution in [0.25, 0.3) is 10.8 Å². The zero-order chi connectivity index (χ0) is 24.1. The molecule has 34 heavy (non-hydrogen) atoms. The van der Waals surface area contributed by atoms with Gasteiger partial charge in [-0.2, -0.15) is 0 Å². The fourth-order valence-corrected chi connectivity index (χ4v) is 5.22. The van der Waals surface area contributed by atoms with Crippen molar-refractivity contribution in [2.45, 2.75) is 36.7 Å². The highest BCUT2D eigenvalue weighted by Crippen LogP contribution is 2.19. The second-order valence-corrected chi connectivity index (χ2v) is 10.3. The molecule has 4 rings (SSSR count). The normalized spacial score (nSPS) is 15.5. The van der Waals surface area contributed by atoms with Crippen LogP contribution in [0.1, 0.15) is 24.8 Å². The molecule has 1 heterocycles. The third kappa shape index (κ3) is 6.16. The van der Waals surface area contributed by atoms with E-state index in [1.165, 1.54) is 6.07 Å². The van der Waals surface area contributed by atoms with E-state index in [0.29, 0.717) is 12.1 Å². The number of hydrogen-bond donors (Lipinski definition) is 2. The number of amides is 1. The van der Waals surface area contributed by atoms with Gasteiger partial charge in [0, 0.05) is 38.6 Å². The second-order valence-electron chi connectivity index (χ2n) is 8.52. The highest BCUT2D eigenvalue weighted by molar-refractivity contribution is 7.89. The molecule has 1 aliphatic rings. The van der Waals surface area contributed by atoms with Crippen LogP contribution in [0.2, 0.25) is 0 Å². The summed E-state index contributed by atoms with van der Waals surface area (Å²) in [4.78, 5) is 14.6. The molecule has 3 aromatic rings. The summed E-state index contributed by atoms with van der Waals surface area (Å²) in [6, 6.07) is 16.4. The lowest BCUT2D eigenvalue weighted by Crippen LogP contribution is -2.45. The molecule has 2 N–H and O–H groups in total. The molecular weight excluding hydrogens is 460 g/mol. The molecule has 0 saturated carbocycles. The van der Waals surface area contributed by atoms with E-state index in [4.69, 9.17) is 0 Å². The van der Waals surface area contributed by atoms with Gasteiger partial charge < -0.3 is 5.32 Å². The zero-order valence-corrected chi connectivity index (χ0v) is 19.5. The Kier molecular flexibility index (Phi) is 7.55. The van der Waals surface area contributed by atoms with E-state index >= 15 is 0 Å². The van der Waals surface area contributed by atoms with Crippen molar-refractivity contribution in [3.8, 4) is 0 Å². The van der Waals surface area contributed by atoms with Crippen molar-refractivity contribution in [1.29, 1.82) is 0 Å². The molecular formula is C25H27F2N3O3S. The number of piperidine rings is 1. The first-order chi connectivity index (χ1) is 16.3. The van der Waals surface area contributed by atoms with Crippen LogP contribution in [-0.4, -0.2) is 44.9 Å². The number of carbonyl (C=O) groups excluding carboxylic acids is 1. The van der Waals surface area contributed by atoms with Crippen molar-refractivity contribution < 1.29 is 22.0 Å². The molecule has 0 radical (unpaired) electrons. The van der Waals surface area contributed by atoms with Crippen LogP contribution in [0.15, 0.2) is 65.6 Å². The third-order valence-corrected chi connectivity index (χ3v) is 7.48. The lowest BCUT2D eigenvalue weighted by atomic mass is 10.0. The summed E-state index contributed by atoms with van der Waals surface area (Å²) in [5.74, 6) is -1.92. The fourth-order valence-electron chi connectivity index (χ4n) is 4.15. The molecule has 3 aromatic carbocycles. The minimum atomic E-state index is -3.71. The van der Waals surface area contributed by atoms with E-state index in [0.717, 1.165) is 42.8 Å². The molecule has 6 nitrogen and oxygen atoms in total. The van der Waals surface area contributed by atoms with Gasteiger partial charge in [0.15, 0.2) is 11.6 Å². The van der Waals surface area contributed by atoms with E-state index < -0.39 is 21.7 Å². The monoisotopic (exact) mass is 487 g/mol. The summed E-state index contributed by atoms with van der Waals surface area (Å²) in [5, 5.41) is 4.75. The van der Waals surface area contributed by atoms with E-state index in [1.54, 1.807) is 24.3 Å². The first kappa shape index (κ1) is 24.3. The Hall–Kier alpha value is -2.88. The maximum atomic E-state index is 13.4. The maximum absolute atomic E-state index is 13.4.